The number of nitrogens with one attached hydrogen (secondary N) is 1. The first-order valence-corrected chi connectivity index (χ1v) is 6.25. The summed E-state index contributed by atoms with van der Waals surface area (Å²) in [5.74, 6) is -0.523. The SMILES string of the molecule is N#Cc1ccc(NCc2ccc(F)c(Cl)c2)c([N+](=O)[O-])c1. The minimum Gasteiger partial charge on any atom is -0.375 e. The summed E-state index contributed by atoms with van der Waals surface area (Å²) in [6, 6.07) is 10.2. The fourth-order valence-corrected chi connectivity index (χ4v) is 1.95. The van der Waals surface area contributed by atoms with Gasteiger partial charge in [-0.25, -0.2) is 4.39 Å². The maximum atomic E-state index is 13.0. The molecule has 0 unspecified atom stereocenters. The molecule has 21 heavy (non-hydrogen) atoms. The topological polar surface area (TPSA) is 79.0 Å². The fraction of sp³-hybridized carbons (Fsp3) is 0.0714. The molecule has 0 aliphatic heterocycles. The van der Waals surface area contributed by atoms with Crippen LogP contribution in [0.15, 0.2) is 36.4 Å². The molecule has 0 spiro atoms. The maximum Gasteiger partial charge on any atom is 0.293 e. The summed E-state index contributed by atoms with van der Waals surface area (Å²) < 4.78 is 13.0. The number of benzene rings is 2. The molecule has 0 aromatic heterocycles. The van der Waals surface area contributed by atoms with E-state index in [1.807, 2.05) is 6.07 Å². The number of nitriles is 1. The largest absolute Gasteiger partial charge is 0.375 e. The Bertz CT molecular complexity index is 743. The van der Waals surface area contributed by atoms with Crippen molar-refractivity contribution in [3.63, 3.8) is 0 Å². The van der Waals surface area contributed by atoms with E-state index in [0.717, 1.165) is 0 Å². The number of nitro groups is 1. The van der Waals surface area contributed by atoms with Crippen LogP contribution in [0.2, 0.25) is 5.02 Å². The molecule has 1 N–H and O–H groups in total. The van der Waals surface area contributed by atoms with Gasteiger partial charge in [0.05, 0.1) is 21.6 Å². The summed E-state index contributed by atoms with van der Waals surface area (Å²) in [6.45, 7) is 0.243. The van der Waals surface area contributed by atoms with E-state index in [1.54, 1.807) is 0 Å². The van der Waals surface area contributed by atoms with E-state index in [1.165, 1.54) is 36.4 Å². The molecule has 106 valence electrons. The van der Waals surface area contributed by atoms with E-state index in [0.29, 0.717) is 5.56 Å². The Balaban J connectivity index is 2.21. The second-order valence-corrected chi connectivity index (χ2v) is 4.61. The third-order valence-electron chi connectivity index (χ3n) is 2.79. The minimum atomic E-state index is -0.569. The standard InChI is InChI=1S/C14H9ClFN3O2/c15-11-5-10(1-3-12(11)16)8-18-13-4-2-9(7-17)6-14(13)19(20)21/h1-6,18H,8H2. The van der Waals surface area contributed by atoms with Gasteiger partial charge < -0.3 is 5.32 Å². The summed E-state index contributed by atoms with van der Waals surface area (Å²) >= 11 is 5.67. The molecular weight excluding hydrogens is 297 g/mol. The molecule has 0 radical (unpaired) electrons. The van der Waals surface area contributed by atoms with Gasteiger partial charge in [-0.2, -0.15) is 5.26 Å². The quantitative estimate of drug-likeness (QED) is 0.687. The highest BCUT2D eigenvalue weighted by atomic mass is 35.5. The van der Waals surface area contributed by atoms with Gasteiger partial charge in [-0.15, -0.1) is 0 Å². The molecule has 5 nitrogen and oxygen atoms in total. The Labute approximate surface area is 124 Å². The Morgan fingerprint density at radius 2 is 2.10 bits per heavy atom. The highest BCUT2D eigenvalue weighted by Gasteiger charge is 2.14. The van der Waals surface area contributed by atoms with Crippen LogP contribution in [0.5, 0.6) is 0 Å². The lowest BCUT2D eigenvalue weighted by atomic mass is 10.1. The zero-order valence-electron chi connectivity index (χ0n) is 10.6. The molecule has 0 saturated carbocycles. The molecule has 0 amide bonds. The van der Waals surface area contributed by atoms with Crippen molar-refractivity contribution in [2.24, 2.45) is 0 Å². The zero-order chi connectivity index (χ0) is 15.4. The van der Waals surface area contributed by atoms with Crippen molar-refractivity contribution in [2.45, 2.75) is 6.54 Å². The first-order chi connectivity index (χ1) is 10.0. The van der Waals surface area contributed by atoms with Crippen molar-refractivity contribution < 1.29 is 9.31 Å². The summed E-state index contributed by atoms with van der Waals surface area (Å²) in [7, 11) is 0. The summed E-state index contributed by atoms with van der Waals surface area (Å²) in [5, 5.41) is 22.6. The van der Waals surface area contributed by atoms with Gasteiger partial charge in [-0.1, -0.05) is 17.7 Å². The molecule has 0 bridgehead atoms. The lowest BCUT2D eigenvalue weighted by Crippen LogP contribution is -2.03. The van der Waals surface area contributed by atoms with E-state index in [-0.39, 0.29) is 28.5 Å². The maximum absolute atomic E-state index is 13.0. The third kappa shape index (κ3) is 3.46. The number of hydrogen-bond acceptors (Lipinski definition) is 4. The molecule has 7 heteroatoms. The van der Waals surface area contributed by atoms with Crippen molar-refractivity contribution >= 4 is 23.0 Å². The minimum absolute atomic E-state index is 0.0105. The van der Waals surface area contributed by atoms with Gasteiger partial charge in [0.1, 0.15) is 11.5 Å². The normalized spacial score (nSPS) is 9.95. The van der Waals surface area contributed by atoms with Crippen LogP contribution in [-0.4, -0.2) is 4.92 Å². The number of anilines is 1. The van der Waals surface area contributed by atoms with Crippen LogP contribution in [0, 0.1) is 27.3 Å². The molecule has 2 rings (SSSR count). The van der Waals surface area contributed by atoms with Gasteiger partial charge in [-0.05, 0) is 29.8 Å². The Morgan fingerprint density at radius 3 is 2.71 bits per heavy atom. The van der Waals surface area contributed by atoms with Gasteiger partial charge in [0.25, 0.3) is 5.69 Å². The lowest BCUT2D eigenvalue weighted by molar-refractivity contribution is -0.384. The lowest BCUT2D eigenvalue weighted by Gasteiger charge is -2.08. The number of nitro benzene ring substituents is 1. The fourth-order valence-electron chi connectivity index (χ4n) is 1.75. The summed E-state index contributed by atoms with van der Waals surface area (Å²) in [4.78, 5) is 10.4. The number of hydrogen-bond donors (Lipinski definition) is 1. The van der Waals surface area contributed by atoms with Gasteiger partial charge in [0, 0.05) is 12.6 Å². The smallest absolute Gasteiger partial charge is 0.293 e. The number of nitrogens with zero attached hydrogens (tertiary/aromatic N) is 2. The first kappa shape index (κ1) is 14.8. The average Bonchev–Trinajstić information content (AvgIpc) is 2.48. The number of halogens is 2. The molecular formula is C14H9ClFN3O2. The van der Waals surface area contributed by atoms with Crippen LogP contribution in [0.25, 0.3) is 0 Å². The van der Waals surface area contributed by atoms with Crippen molar-refractivity contribution in [1.82, 2.24) is 0 Å². The van der Waals surface area contributed by atoms with Crippen LogP contribution in [0.4, 0.5) is 15.8 Å². The molecule has 0 saturated heterocycles. The highest BCUT2D eigenvalue weighted by molar-refractivity contribution is 6.30. The monoisotopic (exact) mass is 305 g/mol. The molecule has 0 heterocycles. The average molecular weight is 306 g/mol. The van der Waals surface area contributed by atoms with E-state index in [4.69, 9.17) is 16.9 Å². The van der Waals surface area contributed by atoms with E-state index in [2.05, 4.69) is 5.32 Å². The van der Waals surface area contributed by atoms with Gasteiger partial charge in [0.2, 0.25) is 0 Å². The first-order valence-electron chi connectivity index (χ1n) is 5.87. The molecule has 0 fully saturated rings. The zero-order valence-corrected chi connectivity index (χ0v) is 11.4. The molecule has 0 aliphatic carbocycles. The predicted molar refractivity (Wildman–Crippen MR) is 76.5 cm³/mol. The van der Waals surface area contributed by atoms with E-state index in [9.17, 15) is 14.5 Å². The van der Waals surface area contributed by atoms with Gasteiger partial charge in [-0.3, -0.25) is 10.1 Å². The van der Waals surface area contributed by atoms with Gasteiger partial charge >= 0.3 is 0 Å². The molecule has 2 aromatic rings. The van der Waals surface area contributed by atoms with Crippen molar-refractivity contribution in [1.29, 1.82) is 5.26 Å². The summed E-state index contributed by atoms with van der Waals surface area (Å²) in [5.41, 5.74) is 0.971. The van der Waals surface area contributed by atoms with Crippen molar-refractivity contribution in [3.05, 3.63) is 68.5 Å². The van der Waals surface area contributed by atoms with Crippen molar-refractivity contribution in [3.8, 4) is 6.07 Å². The Hall–Kier alpha value is -2.65. The molecule has 0 atom stereocenters. The Morgan fingerprint density at radius 1 is 1.33 bits per heavy atom. The van der Waals surface area contributed by atoms with E-state index < -0.39 is 10.7 Å². The van der Waals surface area contributed by atoms with Crippen LogP contribution in [0.1, 0.15) is 11.1 Å². The van der Waals surface area contributed by atoms with Crippen LogP contribution in [-0.2, 0) is 6.54 Å². The second-order valence-electron chi connectivity index (χ2n) is 4.20. The highest BCUT2D eigenvalue weighted by Crippen LogP contribution is 2.26. The third-order valence-corrected chi connectivity index (χ3v) is 3.08. The van der Waals surface area contributed by atoms with Crippen LogP contribution >= 0.6 is 11.6 Å². The van der Waals surface area contributed by atoms with Crippen LogP contribution < -0.4 is 5.32 Å². The molecule has 0 aliphatic rings. The predicted octanol–water partition coefficient (Wildman–Crippen LogP) is 3.87. The van der Waals surface area contributed by atoms with Gasteiger partial charge in [0.15, 0.2) is 0 Å². The van der Waals surface area contributed by atoms with Crippen LogP contribution in [0.3, 0.4) is 0 Å². The second kappa shape index (κ2) is 6.20. The number of rotatable bonds is 4. The summed E-state index contributed by atoms with van der Waals surface area (Å²) in [6.07, 6.45) is 0. The van der Waals surface area contributed by atoms with E-state index >= 15 is 0 Å². The van der Waals surface area contributed by atoms with Crippen molar-refractivity contribution in [2.75, 3.05) is 5.32 Å². The Kier molecular flexibility index (Phi) is 4.36. The molecule has 2 aromatic carbocycles.